The molecule has 0 unspecified atom stereocenters. The highest BCUT2D eigenvalue weighted by atomic mass is 32.2. The van der Waals surface area contributed by atoms with E-state index in [4.69, 9.17) is 0 Å². The molecular weight excluding hydrogens is 430 g/mol. The smallest absolute Gasteiger partial charge is 0.315 e. The number of sulfonamides is 1. The minimum atomic E-state index is -3.88. The summed E-state index contributed by atoms with van der Waals surface area (Å²) in [4.78, 5) is 26.7. The zero-order valence-electron chi connectivity index (χ0n) is 15.6. The lowest BCUT2D eigenvalue weighted by molar-refractivity contribution is -0.131. The molecule has 1 heterocycles. The van der Waals surface area contributed by atoms with Crippen LogP contribution in [-0.2, 0) is 21.4 Å². The number of amides is 1. The van der Waals surface area contributed by atoms with Gasteiger partial charge in [-0.2, -0.15) is 8.78 Å². The summed E-state index contributed by atoms with van der Waals surface area (Å²) in [7, 11) is -3.88. The Labute approximate surface area is 169 Å². The van der Waals surface area contributed by atoms with Gasteiger partial charge in [0.25, 0.3) is 5.91 Å². The number of pyridine rings is 1. The molecule has 0 saturated heterocycles. The third-order valence-electron chi connectivity index (χ3n) is 3.97. The van der Waals surface area contributed by atoms with Gasteiger partial charge in [-0.1, -0.05) is 0 Å². The van der Waals surface area contributed by atoms with Crippen molar-refractivity contribution in [3.63, 3.8) is 0 Å². The van der Waals surface area contributed by atoms with Crippen LogP contribution in [0.2, 0.25) is 0 Å². The Hall–Kier alpha value is -3.02. The number of benzene rings is 1. The molecule has 1 amide bonds. The number of nitrogens with one attached hydrogen (secondary N) is 1. The molecule has 30 heavy (non-hydrogen) atoms. The number of hydrogen-bond donors (Lipinski definition) is 1. The van der Waals surface area contributed by atoms with Gasteiger partial charge in [-0.15, -0.1) is 0 Å². The highest BCUT2D eigenvalue weighted by Crippen LogP contribution is 2.23. The third-order valence-corrected chi connectivity index (χ3v) is 5.71. The lowest BCUT2D eigenvalue weighted by Gasteiger charge is -2.23. The fourth-order valence-corrected chi connectivity index (χ4v) is 3.40. The van der Waals surface area contributed by atoms with Crippen molar-refractivity contribution in [2.75, 3.05) is 16.6 Å². The van der Waals surface area contributed by atoms with E-state index in [0.29, 0.717) is 0 Å². The Morgan fingerprint density at radius 3 is 2.37 bits per heavy atom. The van der Waals surface area contributed by atoms with E-state index < -0.39 is 46.3 Å². The molecule has 162 valence electrons. The standard InChI is InChI=1S/C18H17F4N3O4S/c1-2-30(28,29)25(13-5-6-14(19)15(20)7-13)10-12-4-3-11(8-23-12)16(26)9-24-18(27)17(21)22/h3-8,17H,2,9-10H2,1H3,(H,24,27). The Balaban J connectivity index is 2.20. The maximum absolute atomic E-state index is 13.6. The van der Waals surface area contributed by atoms with Crippen LogP contribution >= 0.6 is 0 Å². The zero-order valence-corrected chi connectivity index (χ0v) is 16.4. The largest absolute Gasteiger partial charge is 0.344 e. The van der Waals surface area contributed by atoms with Gasteiger partial charge < -0.3 is 5.32 Å². The molecule has 1 N–H and O–H groups in total. The first-order valence-corrected chi connectivity index (χ1v) is 10.2. The van der Waals surface area contributed by atoms with Crippen molar-refractivity contribution < 1.29 is 35.6 Å². The van der Waals surface area contributed by atoms with Crippen LogP contribution in [0, 0.1) is 11.6 Å². The van der Waals surface area contributed by atoms with Gasteiger partial charge in [0.15, 0.2) is 17.4 Å². The van der Waals surface area contributed by atoms with Gasteiger partial charge in [-0.05, 0) is 31.2 Å². The van der Waals surface area contributed by atoms with E-state index in [0.717, 1.165) is 28.7 Å². The van der Waals surface area contributed by atoms with Crippen LogP contribution in [-0.4, -0.2) is 43.8 Å². The number of anilines is 1. The van der Waals surface area contributed by atoms with E-state index in [1.807, 2.05) is 0 Å². The van der Waals surface area contributed by atoms with E-state index >= 15 is 0 Å². The van der Waals surface area contributed by atoms with Crippen LogP contribution < -0.4 is 9.62 Å². The fourth-order valence-electron chi connectivity index (χ4n) is 2.32. The van der Waals surface area contributed by atoms with E-state index in [-0.39, 0.29) is 29.2 Å². The molecule has 0 spiro atoms. The molecule has 1 aromatic heterocycles. The summed E-state index contributed by atoms with van der Waals surface area (Å²) < 4.78 is 76.7. The maximum atomic E-state index is 13.6. The Morgan fingerprint density at radius 1 is 1.13 bits per heavy atom. The quantitative estimate of drug-likeness (QED) is 0.470. The van der Waals surface area contributed by atoms with E-state index in [1.165, 1.54) is 19.1 Å². The highest BCUT2D eigenvalue weighted by molar-refractivity contribution is 7.92. The number of halogens is 4. The van der Waals surface area contributed by atoms with Gasteiger partial charge in [-0.25, -0.2) is 17.2 Å². The van der Waals surface area contributed by atoms with E-state index in [9.17, 15) is 35.6 Å². The van der Waals surface area contributed by atoms with Gasteiger partial charge in [0.1, 0.15) is 0 Å². The van der Waals surface area contributed by atoms with Crippen LogP contribution in [0.4, 0.5) is 23.2 Å². The molecule has 0 radical (unpaired) electrons. The highest BCUT2D eigenvalue weighted by Gasteiger charge is 2.23. The van der Waals surface area contributed by atoms with Crippen molar-refractivity contribution in [3.8, 4) is 0 Å². The number of hydrogen-bond acceptors (Lipinski definition) is 5. The monoisotopic (exact) mass is 447 g/mol. The summed E-state index contributed by atoms with van der Waals surface area (Å²) in [5.74, 6) is -4.93. The van der Waals surface area contributed by atoms with E-state index in [2.05, 4.69) is 4.98 Å². The van der Waals surface area contributed by atoms with Crippen LogP contribution in [0.3, 0.4) is 0 Å². The second-order valence-electron chi connectivity index (χ2n) is 5.99. The number of nitrogens with zero attached hydrogens (tertiary/aromatic N) is 2. The molecule has 0 aliphatic heterocycles. The van der Waals surface area contributed by atoms with Gasteiger partial charge in [-0.3, -0.25) is 18.9 Å². The minimum absolute atomic E-state index is 0.00559. The third kappa shape index (κ3) is 5.75. The SMILES string of the molecule is CCS(=O)(=O)N(Cc1ccc(C(=O)CNC(=O)C(F)F)cn1)c1ccc(F)c(F)c1. The average Bonchev–Trinajstić information content (AvgIpc) is 2.72. The molecular formula is C18H17F4N3O4S. The summed E-state index contributed by atoms with van der Waals surface area (Å²) in [6.45, 7) is 0.401. The lowest BCUT2D eigenvalue weighted by Crippen LogP contribution is -2.34. The number of Topliss-reactive ketones (excluding diaryl/α,β-unsaturated/α-hetero) is 1. The normalized spacial score (nSPS) is 11.4. The predicted molar refractivity (Wildman–Crippen MR) is 99.6 cm³/mol. The molecule has 7 nitrogen and oxygen atoms in total. The first-order chi connectivity index (χ1) is 14.0. The molecule has 0 saturated carbocycles. The van der Waals surface area contributed by atoms with Gasteiger partial charge >= 0.3 is 6.43 Å². The second kappa shape index (κ2) is 9.65. The predicted octanol–water partition coefficient (Wildman–Crippen LogP) is 2.28. The fraction of sp³-hybridized carbons (Fsp3) is 0.278. The van der Waals surface area contributed by atoms with Crippen molar-refractivity contribution in [2.45, 2.75) is 19.9 Å². The minimum Gasteiger partial charge on any atom is -0.344 e. The van der Waals surface area contributed by atoms with Crippen molar-refractivity contribution in [3.05, 3.63) is 59.4 Å². The zero-order chi connectivity index (χ0) is 22.5. The Bertz CT molecular complexity index is 1030. The average molecular weight is 447 g/mol. The topological polar surface area (TPSA) is 96.4 Å². The molecule has 2 aromatic rings. The number of ketones is 1. The molecule has 12 heteroatoms. The lowest BCUT2D eigenvalue weighted by atomic mass is 10.1. The van der Waals surface area contributed by atoms with Crippen LogP contribution in [0.25, 0.3) is 0 Å². The summed E-state index contributed by atoms with van der Waals surface area (Å²) >= 11 is 0. The van der Waals surface area contributed by atoms with Crippen molar-refractivity contribution in [2.24, 2.45) is 0 Å². The summed E-state index contributed by atoms with van der Waals surface area (Å²) in [5.41, 5.74) is 0.0865. The van der Waals surface area contributed by atoms with Crippen molar-refractivity contribution in [1.29, 1.82) is 0 Å². The molecule has 0 aliphatic carbocycles. The van der Waals surface area contributed by atoms with Gasteiger partial charge in [0, 0.05) is 17.8 Å². The van der Waals surface area contributed by atoms with Gasteiger partial charge in [0.2, 0.25) is 10.0 Å². The van der Waals surface area contributed by atoms with Crippen LogP contribution in [0.15, 0.2) is 36.5 Å². The number of aromatic nitrogens is 1. The first-order valence-electron chi connectivity index (χ1n) is 8.54. The number of carbonyl (C=O) groups is 2. The Kier molecular flexibility index (Phi) is 7.48. The number of rotatable bonds is 9. The summed E-state index contributed by atoms with van der Waals surface area (Å²) in [5, 5.41) is 1.77. The van der Waals surface area contributed by atoms with Gasteiger partial charge in [0.05, 0.1) is 30.2 Å². The molecule has 0 bridgehead atoms. The van der Waals surface area contributed by atoms with Crippen LogP contribution in [0.1, 0.15) is 23.0 Å². The number of carbonyl (C=O) groups excluding carboxylic acids is 2. The molecule has 1 aromatic carbocycles. The summed E-state index contributed by atoms with van der Waals surface area (Å²) in [6.07, 6.45) is -2.16. The van der Waals surface area contributed by atoms with Crippen molar-refractivity contribution in [1.82, 2.24) is 10.3 Å². The maximum Gasteiger partial charge on any atom is 0.315 e. The second-order valence-corrected chi connectivity index (χ2v) is 8.17. The van der Waals surface area contributed by atoms with Crippen molar-refractivity contribution >= 4 is 27.4 Å². The number of alkyl halides is 2. The Morgan fingerprint density at radius 2 is 1.83 bits per heavy atom. The molecule has 0 atom stereocenters. The summed E-state index contributed by atoms with van der Waals surface area (Å²) in [6, 6.07) is 5.24. The molecule has 0 fully saturated rings. The first kappa shape index (κ1) is 23.3. The molecule has 0 aliphatic rings. The van der Waals surface area contributed by atoms with E-state index in [1.54, 1.807) is 5.32 Å². The van der Waals surface area contributed by atoms with Crippen LogP contribution in [0.5, 0.6) is 0 Å². The molecule has 2 rings (SSSR count).